The zero-order chi connectivity index (χ0) is 28.4. The highest BCUT2D eigenvalue weighted by Crippen LogP contribution is 2.15. The second-order valence-electron chi connectivity index (χ2n) is 12.5. The van der Waals surface area contributed by atoms with Crippen LogP contribution in [-0.2, 0) is 25.9 Å². The van der Waals surface area contributed by atoms with Gasteiger partial charge in [-0.2, -0.15) is 0 Å². The van der Waals surface area contributed by atoms with Gasteiger partial charge in [-0.05, 0) is 37.7 Å². The lowest BCUT2D eigenvalue weighted by atomic mass is 10.0. The molecule has 2 nitrogen and oxygen atoms in total. The predicted octanol–water partition coefficient (Wildman–Crippen LogP) is 11.6. The van der Waals surface area contributed by atoms with Crippen molar-refractivity contribution in [2.75, 3.05) is 0 Å². The van der Waals surface area contributed by atoms with Gasteiger partial charge < -0.3 is 0 Å². The summed E-state index contributed by atoms with van der Waals surface area (Å²) in [6.07, 6.45) is 39.7. The van der Waals surface area contributed by atoms with E-state index < -0.39 is 0 Å². The third kappa shape index (κ3) is 17.3. The van der Waals surface area contributed by atoms with Crippen molar-refractivity contribution in [1.82, 2.24) is 4.57 Å². The number of aromatic nitrogens is 2. The van der Waals surface area contributed by atoms with Gasteiger partial charge in [-0.25, -0.2) is 9.13 Å². The fourth-order valence-electron chi connectivity index (χ4n) is 6.18. The first-order chi connectivity index (χ1) is 19.8. The molecule has 0 unspecified atom stereocenters. The SMILES string of the molecule is CCCCCCCCCCCCCCCCCCc1n(CCCCCCCC)cc[n+]1CCCc1ccccc1. The first-order valence-electron chi connectivity index (χ1n) is 18.0. The quantitative estimate of drug-likeness (QED) is 0.0734. The van der Waals surface area contributed by atoms with Gasteiger partial charge >= 0.3 is 0 Å². The van der Waals surface area contributed by atoms with Crippen LogP contribution in [-0.4, -0.2) is 4.57 Å². The lowest BCUT2D eigenvalue weighted by Gasteiger charge is -2.07. The van der Waals surface area contributed by atoms with Crippen LogP contribution in [0.1, 0.15) is 173 Å². The second kappa shape index (κ2) is 25.2. The van der Waals surface area contributed by atoms with Gasteiger partial charge in [0.05, 0.1) is 13.1 Å². The zero-order valence-electron chi connectivity index (χ0n) is 27.0. The van der Waals surface area contributed by atoms with E-state index >= 15 is 0 Å². The van der Waals surface area contributed by atoms with E-state index in [0.29, 0.717) is 0 Å². The van der Waals surface area contributed by atoms with Crippen molar-refractivity contribution in [2.24, 2.45) is 0 Å². The lowest BCUT2D eigenvalue weighted by molar-refractivity contribution is -0.704. The number of nitrogens with zero attached hydrogens (tertiary/aromatic N) is 2. The van der Waals surface area contributed by atoms with Crippen molar-refractivity contribution in [2.45, 2.75) is 187 Å². The molecule has 0 fully saturated rings. The van der Waals surface area contributed by atoms with Gasteiger partial charge in [0.1, 0.15) is 12.4 Å². The van der Waals surface area contributed by atoms with Gasteiger partial charge in [0.25, 0.3) is 5.82 Å². The fraction of sp³-hybridized carbons (Fsp3) is 0.763. The molecule has 228 valence electrons. The molecule has 0 atom stereocenters. The Balaban J connectivity index is 1.60. The minimum Gasteiger partial charge on any atom is -0.234 e. The van der Waals surface area contributed by atoms with Crippen LogP contribution in [0.2, 0.25) is 0 Å². The van der Waals surface area contributed by atoms with E-state index in [1.54, 1.807) is 5.82 Å². The Morgan fingerprint density at radius 1 is 0.500 bits per heavy atom. The monoisotopic (exact) mass is 552 g/mol. The molecule has 2 rings (SSSR count). The maximum absolute atomic E-state index is 2.59. The number of hydrogen-bond acceptors (Lipinski definition) is 0. The molecule has 1 heterocycles. The molecular formula is C38H67N2+. The summed E-state index contributed by atoms with van der Waals surface area (Å²) in [5.74, 6) is 1.58. The Hall–Kier alpha value is -1.57. The molecule has 0 N–H and O–H groups in total. The van der Waals surface area contributed by atoms with Gasteiger partial charge in [-0.3, -0.25) is 0 Å². The van der Waals surface area contributed by atoms with Gasteiger partial charge in [-0.1, -0.05) is 166 Å². The molecule has 40 heavy (non-hydrogen) atoms. The highest BCUT2D eigenvalue weighted by atomic mass is 15.1. The van der Waals surface area contributed by atoms with Gasteiger partial charge in [0.15, 0.2) is 0 Å². The van der Waals surface area contributed by atoms with Crippen molar-refractivity contribution in [3.8, 4) is 0 Å². The molecule has 1 aromatic carbocycles. The van der Waals surface area contributed by atoms with Crippen molar-refractivity contribution in [1.29, 1.82) is 0 Å². The number of rotatable bonds is 28. The summed E-state index contributed by atoms with van der Waals surface area (Å²) in [6.45, 7) is 6.96. The summed E-state index contributed by atoms with van der Waals surface area (Å²) in [7, 11) is 0. The maximum atomic E-state index is 2.59. The maximum Gasteiger partial charge on any atom is 0.256 e. The number of aryl methyl sites for hydroxylation is 3. The summed E-state index contributed by atoms with van der Waals surface area (Å²) in [5, 5.41) is 0. The summed E-state index contributed by atoms with van der Waals surface area (Å²) < 4.78 is 5.17. The molecule has 0 saturated heterocycles. The zero-order valence-corrected chi connectivity index (χ0v) is 27.0. The molecule has 0 aliphatic heterocycles. The van der Waals surface area contributed by atoms with Crippen LogP contribution in [0.4, 0.5) is 0 Å². The number of unbranched alkanes of at least 4 members (excludes halogenated alkanes) is 20. The van der Waals surface area contributed by atoms with Crippen molar-refractivity contribution in [3.05, 3.63) is 54.1 Å². The minimum absolute atomic E-state index is 1.15. The normalized spacial score (nSPS) is 11.4. The van der Waals surface area contributed by atoms with E-state index in [2.05, 4.69) is 65.7 Å². The number of imidazole rings is 1. The first-order valence-corrected chi connectivity index (χ1v) is 18.0. The molecule has 1 aromatic heterocycles. The Labute approximate surface area is 250 Å². The van der Waals surface area contributed by atoms with E-state index in [4.69, 9.17) is 0 Å². The molecular weight excluding hydrogens is 484 g/mol. The fourth-order valence-corrected chi connectivity index (χ4v) is 6.18. The van der Waals surface area contributed by atoms with Crippen molar-refractivity contribution < 1.29 is 4.57 Å². The van der Waals surface area contributed by atoms with Crippen molar-refractivity contribution in [3.63, 3.8) is 0 Å². The van der Waals surface area contributed by atoms with Crippen LogP contribution in [0.3, 0.4) is 0 Å². The number of hydrogen-bond donors (Lipinski definition) is 0. The number of benzene rings is 1. The van der Waals surface area contributed by atoms with Crippen LogP contribution < -0.4 is 4.57 Å². The summed E-state index contributed by atoms with van der Waals surface area (Å²) in [5.41, 5.74) is 1.47. The van der Waals surface area contributed by atoms with E-state index in [0.717, 1.165) is 6.54 Å². The topological polar surface area (TPSA) is 8.81 Å². The Kier molecular flexibility index (Phi) is 21.8. The van der Waals surface area contributed by atoms with Gasteiger partial charge in [0, 0.05) is 6.42 Å². The lowest BCUT2D eigenvalue weighted by Crippen LogP contribution is -2.37. The molecule has 0 saturated carbocycles. The van der Waals surface area contributed by atoms with Crippen LogP contribution in [0.25, 0.3) is 0 Å². The molecule has 0 radical (unpaired) electrons. The molecule has 0 aliphatic rings. The smallest absolute Gasteiger partial charge is 0.234 e. The summed E-state index contributed by atoms with van der Waals surface area (Å²) in [4.78, 5) is 0. The van der Waals surface area contributed by atoms with Crippen LogP contribution in [0.15, 0.2) is 42.7 Å². The van der Waals surface area contributed by atoms with E-state index in [1.165, 1.54) is 173 Å². The molecule has 0 bridgehead atoms. The van der Waals surface area contributed by atoms with E-state index in [1.807, 2.05) is 0 Å². The highest BCUT2D eigenvalue weighted by molar-refractivity contribution is 5.14. The highest BCUT2D eigenvalue weighted by Gasteiger charge is 2.16. The predicted molar refractivity (Wildman–Crippen MR) is 176 cm³/mol. The average molecular weight is 552 g/mol. The van der Waals surface area contributed by atoms with E-state index in [9.17, 15) is 0 Å². The Morgan fingerprint density at radius 2 is 0.975 bits per heavy atom. The molecule has 0 amide bonds. The largest absolute Gasteiger partial charge is 0.256 e. The third-order valence-corrected chi connectivity index (χ3v) is 8.80. The molecule has 2 heteroatoms. The average Bonchev–Trinajstić information content (AvgIpc) is 3.36. The Morgan fingerprint density at radius 3 is 1.50 bits per heavy atom. The van der Waals surface area contributed by atoms with Gasteiger partial charge in [0.2, 0.25) is 0 Å². The summed E-state index contributed by atoms with van der Waals surface area (Å²) >= 11 is 0. The standard InChI is InChI=1S/C38H67N2/c1-3-5-7-9-11-12-13-14-15-16-17-18-19-20-21-26-32-38-39(33-27-22-10-8-6-4-2)35-36-40(38)34-28-31-37-29-24-23-25-30-37/h23-25,29-30,35-36H,3-22,26-28,31-34H2,1-2H3/q+1. The van der Waals surface area contributed by atoms with Crippen LogP contribution in [0, 0.1) is 0 Å². The summed E-state index contributed by atoms with van der Waals surface area (Å²) in [6, 6.07) is 11.0. The molecule has 0 spiro atoms. The molecule has 2 aromatic rings. The van der Waals surface area contributed by atoms with Gasteiger partial charge in [-0.15, -0.1) is 0 Å². The molecule has 0 aliphatic carbocycles. The van der Waals surface area contributed by atoms with Crippen LogP contribution >= 0.6 is 0 Å². The minimum atomic E-state index is 1.15. The second-order valence-corrected chi connectivity index (χ2v) is 12.5. The first kappa shape index (κ1) is 34.6. The van der Waals surface area contributed by atoms with E-state index in [-0.39, 0.29) is 0 Å². The third-order valence-electron chi connectivity index (χ3n) is 8.80. The van der Waals surface area contributed by atoms with Crippen LogP contribution in [0.5, 0.6) is 0 Å². The Bertz CT molecular complexity index is 793. The van der Waals surface area contributed by atoms with Crippen molar-refractivity contribution >= 4 is 0 Å².